The highest BCUT2D eigenvalue weighted by Gasteiger charge is 2.41. The molecule has 1 heterocycles. The quantitative estimate of drug-likeness (QED) is 0.376. The minimum atomic E-state index is -5.00. The van der Waals surface area contributed by atoms with Crippen LogP contribution < -0.4 is 5.32 Å². The molecule has 0 spiro atoms. The fourth-order valence-corrected chi connectivity index (χ4v) is 3.47. The third-order valence-electron chi connectivity index (χ3n) is 5.44. The van der Waals surface area contributed by atoms with E-state index in [0.29, 0.717) is 30.2 Å². The number of alkyl halides is 3. The monoisotopic (exact) mass is 501 g/mol. The molecule has 0 saturated carbocycles. The third kappa shape index (κ3) is 9.29. The fourth-order valence-electron chi connectivity index (χ4n) is 3.47. The summed E-state index contributed by atoms with van der Waals surface area (Å²) in [7, 11) is 4.85. The van der Waals surface area contributed by atoms with Crippen LogP contribution in [0, 0.1) is 0 Å². The van der Waals surface area contributed by atoms with Crippen LogP contribution >= 0.6 is 0 Å². The second-order valence-corrected chi connectivity index (χ2v) is 8.26. The number of hydrogen-bond acceptors (Lipinski definition) is 6. The molecule has 0 aliphatic rings. The highest BCUT2D eigenvalue weighted by molar-refractivity contribution is 5.90. The molecule has 0 aliphatic carbocycles. The lowest BCUT2D eigenvalue weighted by Gasteiger charge is -2.24. The summed E-state index contributed by atoms with van der Waals surface area (Å²) in [6, 6.07) is 1.30. The molecule has 12 heteroatoms. The fraction of sp³-hybridized carbons (Fsp3) is 0.565. The Morgan fingerprint density at radius 3 is 2.37 bits per heavy atom. The number of carboxylic acid groups (broad SMARTS) is 1. The average Bonchev–Trinajstić information content (AvgIpc) is 2.78. The topological polar surface area (TPSA) is 106 Å². The van der Waals surface area contributed by atoms with E-state index in [9.17, 15) is 32.7 Å². The van der Waals surface area contributed by atoms with E-state index in [2.05, 4.69) is 16.9 Å². The number of carboxylic acids is 1. The average molecular weight is 502 g/mol. The Bertz CT molecular complexity index is 892. The molecule has 35 heavy (non-hydrogen) atoms. The number of amides is 2. The van der Waals surface area contributed by atoms with Gasteiger partial charge in [0, 0.05) is 51.9 Å². The van der Waals surface area contributed by atoms with Crippen LogP contribution in [0.3, 0.4) is 0 Å². The number of hydrogen-bond donors (Lipinski definition) is 2. The minimum Gasteiger partial charge on any atom is -0.478 e. The lowest BCUT2D eigenvalue weighted by molar-refractivity contribution is -0.184. The number of aromatic nitrogens is 1. The molecule has 0 aromatic carbocycles. The van der Waals surface area contributed by atoms with Crippen LogP contribution in [-0.2, 0) is 16.1 Å². The van der Waals surface area contributed by atoms with Crippen LogP contribution in [0.25, 0.3) is 0 Å². The van der Waals surface area contributed by atoms with E-state index in [1.54, 1.807) is 4.90 Å². The van der Waals surface area contributed by atoms with Crippen molar-refractivity contribution >= 4 is 17.8 Å². The van der Waals surface area contributed by atoms with Gasteiger partial charge in [-0.05, 0) is 39.1 Å². The number of likely N-dealkylation sites (N-methyl/N-ethyl adjacent to an activating group) is 2. The van der Waals surface area contributed by atoms with Crippen LogP contribution in [0.4, 0.5) is 13.2 Å². The molecule has 1 unspecified atom stereocenters. The second-order valence-electron chi connectivity index (χ2n) is 8.26. The standard InChI is InChI=1S/C23H34F3N5O4/c1-6-16(9-11-30(5)22(35)23(24,25)26)20-17(21(33)34)8-10-28-18(20)14-27-15-19(32)31(7-2)13-12-29(3)4/h6,8,10,16,27H,1,7,9,11-15H2,2-5H3,(H,33,34). The lowest BCUT2D eigenvalue weighted by atomic mass is 9.90. The molecule has 1 rings (SSSR count). The van der Waals surface area contributed by atoms with Gasteiger partial charge in [0.2, 0.25) is 5.91 Å². The number of allylic oxidation sites excluding steroid dienone is 1. The normalized spacial score (nSPS) is 12.3. The molecular weight excluding hydrogens is 467 g/mol. The Morgan fingerprint density at radius 2 is 1.86 bits per heavy atom. The Morgan fingerprint density at radius 1 is 1.20 bits per heavy atom. The first-order chi connectivity index (χ1) is 16.3. The molecule has 1 atom stereocenters. The Balaban J connectivity index is 3.01. The van der Waals surface area contributed by atoms with Crippen molar-refractivity contribution in [3.63, 3.8) is 0 Å². The van der Waals surface area contributed by atoms with Gasteiger partial charge in [0.25, 0.3) is 0 Å². The highest BCUT2D eigenvalue weighted by Crippen LogP contribution is 2.28. The molecular formula is C23H34F3N5O4. The maximum atomic E-state index is 12.7. The van der Waals surface area contributed by atoms with Gasteiger partial charge in [-0.2, -0.15) is 13.2 Å². The number of pyridine rings is 1. The van der Waals surface area contributed by atoms with E-state index < -0.39 is 24.0 Å². The predicted octanol–water partition coefficient (Wildman–Crippen LogP) is 1.96. The van der Waals surface area contributed by atoms with Crippen molar-refractivity contribution in [1.82, 2.24) is 25.0 Å². The Labute approximate surface area is 203 Å². The second kappa shape index (κ2) is 13.8. The van der Waals surface area contributed by atoms with Crippen LogP contribution in [0.2, 0.25) is 0 Å². The largest absolute Gasteiger partial charge is 0.478 e. The van der Waals surface area contributed by atoms with E-state index in [-0.39, 0.29) is 43.1 Å². The molecule has 0 fully saturated rings. The van der Waals surface area contributed by atoms with Crippen molar-refractivity contribution in [3.8, 4) is 0 Å². The molecule has 0 aliphatic heterocycles. The van der Waals surface area contributed by atoms with E-state index in [1.165, 1.54) is 18.3 Å². The first-order valence-electron chi connectivity index (χ1n) is 11.1. The van der Waals surface area contributed by atoms with Crippen molar-refractivity contribution < 1.29 is 32.7 Å². The summed E-state index contributed by atoms with van der Waals surface area (Å²) in [6.45, 7) is 7.17. The number of carbonyl (C=O) groups excluding carboxylic acids is 2. The summed E-state index contributed by atoms with van der Waals surface area (Å²) >= 11 is 0. The van der Waals surface area contributed by atoms with Gasteiger partial charge in [-0.1, -0.05) is 6.08 Å². The maximum absolute atomic E-state index is 12.7. The summed E-state index contributed by atoms with van der Waals surface area (Å²) in [5.74, 6) is -4.02. The molecule has 0 saturated heterocycles. The lowest BCUT2D eigenvalue weighted by Crippen LogP contribution is -2.41. The summed E-state index contributed by atoms with van der Waals surface area (Å²) < 4.78 is 38.1. The van der Waals surface area contributed by atoms with Crippen molar-refractivity contribution in [2.75, 3.05) is 53.9 Å². The zero-order valence-corrected chi connectivity index (χ0v) is 20.6. The van der Waals surface area contributed by atoms with E-state index >= 15 is 0 Å². The summed E-state index contributed by atoms with van der Waals surface area (Å²) in [5, 5.41) is 12.7. The van der Waals surface area contributed by atoms with Gasteiger partial charge in [-0.25, -0.2) is 4.79 Å². The first kappa shape index (κ1) is 30.0. The Hall–Kier alpha value is -2.99. The van der Waals surface area contributed by atoms with Gasteiger partial charge >= 0.3 is 18.1 Å². The van der Waals surface area contributed by atoms with Gasteiger partial charge < -0.3 is 25.1 Å². The van der Waals surface area contributed by atoms with Gasteiger partial charge in [-0.15, -0.1) is 6.58 Å². The van der Waals surface area contributed by atoms with Crippen molar-refractivity contribution in [3.05, 3.63) is 41.7 Å². The summed E-state index contributed by atoms with van der Waals surface area (Å²) in [5.41, 5.74) is 0.547. The van der Waals surface area contributed by atoms with E-state index in [1.807, 2.05) is 25.9 Å². The van der Waals surface area contributed by atoms with Gasteiger partial charge in [-0.3, -0.25) is 14.6 Å². The van der Waals surface area contributed by atoms with E-state index in [4.69, 9.17) is 0 Å². The summed E-state index contributed by atoms with van der Waals surface area (Å²) in [4.78, 5) is 44.3. The highest BCUT2D eigenvalue weighted by atomic mass is 19.4. The summed E-state index contributed by atoms with van der Waals surface area (Å²) in [6.07, 6.45) is -2.25. The number of nitrogens with one attached hydrogen (secondary N) is 1. The SMILES string of the molecule is C=CC(CCN(C)C(=O)C(F)(F)F)c1c(C(=O)O)ccnc1CNCC(=O)N(CC)CCN(C)C. The van der Waals surface area contributed by atoms with Crippen LogP contribution in [-0.4, -0.2) is 103 Å². The van der Waals surface area contributed by atoms with Crippen molar-refractivity contribution in [2.24, 2.45) is 0 Å². The zero-order valence-electron chi connectivity index (χ0n) is 20.6. The third-order valence-corrected chi connectivity index (χ3v) is 5.44. The number of carbonyl (C=O) groups is 3. The zero-order chi connectivity index (χ0) is 26.8. The smallest absolute Gasteiger partial charge is 0.471 e. The van der Waals surface area contributed by atoms with Crippen molar-refractivity contribution in [1.29, 1.82) is 0 Å². The molecule has 2 amide bonds. The van der Waals surface area contributed by atoms with E-state index in [0.717, 1.165) is 7.05 Å². The van der Waals surface area contributed by atoms with Gasteiger partial charge in [0.1, 0.15) is 0 Å². The van der Waals surface area contributed by atoms with Crippen LogP contribution in [0.15, 0.2) is 24.9 Å². The van der Waals surface area contributed by atoms with Crippen molar-refractivity contribution in [2.45, 2.75) is 32.0 Å². The maximum Gasteiger partial charge on any atom is 0.471 e. The number of aromatic carboxylic acids is 1. The molecule has 2 N–H and O–H groups in total. The molecule has 0 radical (unpaired) electrons. The predicted molar refractivity (Wildman–Crippen MR) is 125 cm³/mol. The molecule has 0 bridgehead atoms. The van der Waals surface area contributed by atoms with Gasteiger partial charge in [0.05, 0.1) is 17.8 Å². The number of rotatable bonds is 14. The number of nitrogens with zero attached hydrogens (tertiary/aromatic N) is 4. The van der Waals surface area contributed by atoms with Gasteiger partial charge in [0.15, 0.2) is 0 Å². The molecule has 1 aromatic heterocycles. The number of halogens is 3. The molecule has 196 valence electrons. The minimum absolute atomic E-state index is 0.00126. The Kier molecular flexibility index (Phi) is 11.8. The van der Waals surface area contributed by atoms with Crippen LogP contribution in [0.1, 0.15) is 40.9 Å². The van der Waals surface area contributed by atoms with Crippen LogP contribution in [0.5, 0.6) is 0 Å². The molecule has 1 aromatic rings. The molecule has 9 nitrogen and oxygen atoms in total. The first-order valence-corrected chi connectivity index (χ1v) is 11.1.